The highest BCUT2D eigenvalue weighted by Crippen LogP contribution is 2.51. The van der Waals surface area contributed by atoms with Crippen LogP contribution in [0.4, 0.5) is 10.1 Å². The minimum atomic E-state index is -0.423. The lowest BCUT2D eigenvalue weighted by molar-refractivity contribution is -0.122. The van der Waals surface area contributed by atoms with Gasteiger partial charge in [0.2, 0.25) is 11.8 Å². The van der Waals surface area contributed by atoms with E-state index in [4.69, 9.17) is 14.5 Å². The molecule has 1 saturated carbocycles. The molecule has 0 bridgehead atoms. The average molecular weight is 600 g/mol. The highest BCUT2D eigenvalue weighted by atomic mass is 19.1. The van der Waals surface area contributed by atoms with Gasteiger partial charge in [-0.15, -0.1) is 0 Å². The number of nitrogens with one attached hydrogen (secondary N) is 2. The van der Waals surface area contributed by atoms with Crippen molar-refractivity contribution in [2.45, 2.75) is 31.9 Å². The number of benzene rings is 1. The number of aromatic nitrogens is 2. The Morgan fingerprint density at radius 1 is 1.18 bits per heavy atom. The fourth-order valence-electron chi connectivity index (χ4n) is 6.25. The van der Waals surface area contributed by atoms with Crippen LogP contribution in [0.2, 0.25) is 0 Å². The van der Waals surface area contributed by atoms with Crippen molar-refractivity contribution in [1.29, 1.82) is 5.26 Å². The van der Waals surface area contributed by atoms with E-state index in [1.54, 1.807) is 37.5 Å². The van der Waals surface area contributed by atoms with E-state index in [1.165, 1.54) is 12.1 Å². The molecule has 1 spiro atoms. The van der Waals surface area contributed by atoms with Gasteiger partial charge in [0.15, 0.2) is 11.4 Å². The first kappa shape index (κ1) is 29.3. The number of hydrogen-bond donors (Lipinski definition) is 2. The molecule has 12 heteroatoms. The maximum Gasteiger partial charge on any atom is 0.274 e. The SMILES string of the molecule is CCOc1ncccc1-c1ccc(OC2CC3(C2)CN(c2ccc(F)cc2C#N)C3)c(C(=O)NC2CN(CC(=O)NC)C2)n1. The van der Waals surface area contributed by atoms with Crippen molar-refractivity contribution in [3.8, 4) is 29.0 Å². The molecule has 3 aromatic rings. The molecule has 3 aliphatic rings. The number of pyridine rings is 2. The van der Waals surface area contributed by atoms with Crippen molar-refractivity contribution < 1.29 is 23.5 Å². The molecule has 2 aliphatic heterocycles. The quantitative estimate of drug-likeness (QED) is 0.361. The zero-order chi connectivity index (χ0) is 30.8. The van der Waals surface area contributed by atoms with Crippen molar-refractivity contribution in [1.82, 2.24) is 25.5 Å². The summed E-state index contributed by atoms with van der Waals surface area (Å²) in [4.78, 5) is 38.4. The van der Waals surface area contributed by atoms with E-state index in [0.717, 1.165) is 31.6 Å². The van der Waals surface area contributed by atoms with Crippen LogP contribution in [0.15, 0.2) is 48.7 Å². The van der Waals surface area contributed by atoms with Gasteiger partial charge >= 0.3 is 0 Å². The smallest absolute Gasteiger partial charge is 0.274 e. The minimum absolute atomic E-state index is 0.0594. The van der Waals surface area contributed by atoms with Crippen LogP contribution in [0.3, 0.4) is 0 Å². The van der Waals surface area contributed by atoms with Gasteiger partial charge in [0.25, 0.3) is 5.91 Å². The van der Waals surface area contributed by atoms with E-state index in [9.17, 15) is 19.2 Å². The van der Waals surface area contributed by atoms with E-state index in [2.05, 4.69) is 26.6 Å². The Morgan fingerprint density at radius 2 is 1.98 bits per heavy atom. The van der Waals surface area contributed by atoms with E-state index in [0.29, 0.717) is 48.1 Å². The molecule has 0 atom stereocenters. The van der Waals surface area contributed by atoms with Gasteiger partial charge in [-0.2, -0.15) is 5.26 Å². The lowest BCUT2D eigenvalue weighted by atomic mass is 9.61. The molecular weight excluding hydrogens is 565 g/mol. The number of nitrogens with zero attached hydrogens (tertiary/aromatic N) is 5. The second-order valence-electron chi connectivity index (χ2n) is 11.6. The summed E-state index contributed by atoms with van der Waals surface area (Å²) in [5.74, 6) is -0.0123. The number of amides is 2. The molecule has 228 valence electrons. The van der Waals surface area contributed by atoms with E-state index >= 15 is 0 Å². The van der Waals surface area contributed by atoms with Crippen molar-refractivity contribution in [3.05, 3.63) is 65.7 Å². The van der Waals surface area contributed by atoms with Gasteiger partial charge in [0.1, 0.15) is 18.0 Å². The summed E-state index contributed by atoms with van der Waals surface area (Å²) in [7, 11) is 1.60. The monoisotopic (exact) mass is 599 g/mol. The van der Waals surface area contributed by atoms with Crippen molar-refractivity contribution in [2.75, 3.05) is 51.3 Å². The zero-order valence-electron chi connectivity index (χ0n) is 24.7. The third-order valence-corrected chi connectivity index (χ3v) is 8.43. The summed E-state index contributed by atoms with van der Waals surface area (Å²) in [6.45, 7) is 5.24. The Morgan fingerprint density at radius 3 is 2.70 bits per heavy atom. The number of ether oxygens (including phenoxy) is 2. The Kier molecular flexibility index (Phi) is 8.05. The summed E-state index contributed by atoms with van der Waals surface area (Å²) in [5, 5.41) is 15.1. The summed E-state index contributed by atoms with van der Waals surface area (Å²) in [6, 6.07) is 13.5. The highest BCUT2D eigenvalue weighted by molar-refractivity contribution is 5.96. The number of carbonyl (C=O) groups is 2. The van der Waals surface area contributed by atoms with Crippen molar-refractivity contribution >= 4 is 17.5 Å². The third-order valence-electron chi connectivity index (χ3n) is 8.43. The van der Waals surface area contributed by atoms with Crippen LogP contribution in [-0.2, 0) is 4.79 Å². The van der Waals surface area contributed by atoms with Crippen LogP contribution < -0.4 is 25.0 Å². The molecule has 4 heterocycles. The number of anilines is 1. The number of hydrogen-bond acceptors (Lipinski definition) is 9. The van der Waals surface area contributed by atoms with E-state index in [1.807, 2.05) is 17.9 Å². The van der Waals surface area contributed by atoms with E-state index in [-0.39, 0.29) is 41.6 Å². The maximum atomic E-state index is 13.6. The molecule has 44 heavy (non-hydrogen) atoms. The molecule has 6 rings (SSSR count). The fraction of sp³-hybridized carbons (Fsp3) is 0.406. The summed E-state index contributed by atoms with van der Waals surface area (Å²) < 4.78 is 25.7. The first-order valence-electron chi connectivity index (χ1n) is 14.7. The molecule has 2 saturated heterocycles. The van der Waals surface area contributed by atoms with Gasteiger partial charge in [-0.05, 0) is 62.2 Å². The predicted octanol–water partition coefficient (Wildman–Crippen LogP) is 2.76. The van der Waals surface area contributed by atoms with Gasteiger partial charge in [0.05, 0.1) is 41.7 Å². The first-order chi connectivity index (χ1) is 21.3. The zero-order valence-corrected chi connectivity index (χ0v) is 24.7. The standard InChI is InChI=1S/C32H34FN7O4/c1-3-43-31-24(5-4-10-36-31)25-7-9-27(29(38-25)30(42)37-22-15-39(16-22)17-28(41)35-2)44-23-12-32(13-23)18-40(19-32)26-8-6-21(33)11-20(26)14-34/h4-11,22-23H,3,12-13,15-19H2,1-2H3,(H,35,41)(H,37,42). The summed E-state index contributed by atoms with van der Waals surface area (Å²) in [6.07, 6.45) is 3.14. The molecule has 2 N–H and O–H groups in total. The second-order valence-corrected chi connectivity index (χ2v) is 11.6. The molecule has 0 unspecified atom stereocenters. The lowest BCUT2D eigenvalue weighted by Gasteiger charge is -2.59. The highest BCUT2D eigenvalue weighted by Gasteiger charge is 2.54. The fourth-order valence-corrected chi connectivity index (χ4v) is 6.25. The van der Waals surface area contributed by atoms with E-state index < -0.39 is 5.82 Å². The van der Waals surface area contributed by atoms with Crippen LogP contribution in [-0.4, -0.2) is 85.2 Å². The molecule has 3 fully saturated rings. The molecule has 11 nitrogen and oxygen atoms in total. The summed E-state index contributed by atoms with van der Waals surface area (Å²) >= 11 is 0. The van der Waals surface area contributed by atoms with Gasteiger partial charge in [-0.1, -0.05) is 0 Å². The van der Waals surface area contributed by atoms with Crippen LogP contribution >= 0.6 is 0 Å². The number of rotatable bonds is 10. The predicted molar refractivity (Wildman–Crippen MR) is 160 cm³/mol. The molecular formula is C32H34FN7O4. The number of likely N-dealkylation sites (tertiary alicyclic amines) is 1. The van der Waals surface area contributed by atoms with Crippen molar-refractivity contribution in [3.63, 3.8) is 0 Å². The third kappa shape index (κ3) is 5.88. The normalized spacial score (nSPS) is 17.5. The molecule has 2 aromatic heterocycles. The van der Waals surface area contributed by atoms with Crippen molar-refractivity contribution in [2.24, 2.45) is 5.41 Å². The molecule has 2 amide bonds. The van der Waals surface area contributed by atoms with Crippen LogP contribution in [0, 0.1) is 22.6 Å². The van der Waals surface area contributed by atoms with Crippen LogP contribution in [0.1, 0.15) is 35.8 Å². The average Bonchev–Trinajstić information content (AvgIpc) is 2.97. The molecule has 0 radical (unpaired) electrons. The number of halogens is 1. The Balaban J connectivity index is 1.15. The largest absolute Gasteiger partial charge is 0.488 e. The van der Waals surface area contributed by atoms with Gasteiger partial charge in [0, 0.05) is 44.8 Å². The first-order valence-corrected chi connectivity index (χ1v) is 14.7. The Labute approximate surface area is 255 Å². The second kappa shape index (κ2) is 12.1. The minimum Gasteiger partial charge on any atom is -0.488 e. The number of likely N-dealkylation sites (N-methyl/N-ethyl adjacent to an activating group) is 1. The summed E-state index contributed by atoms with van der Waals surface area (Å²) in [5.41, 5.74) is 2.53. The van der Waals surface area contributed by atoms with Gasteiger partial charge in [-0.3, -0.25) is 14.5 Å². The maximum absolute atomic E-state index is 13.6. The van der Waals surface area contributed by atoms with Gasteiger partial charge in [-0.25, -0.2) is 14.4 Å². The lowest BCUT2D eigenvalue weighted by Crippen LogP contribution is -2.65. The van der Waals surface area contributed by atoms with Crippen LogP contribution in [0.5, 0.6) is 11.6 Å². The Hall–Kier alpha value is -4.76. The molecule has 1 aromatic carbocycles. The molecule has 1 aliphatic carbocycles. The van der Waals surface area contributed by atoms with Crippen LogP contribution in [0.25, 0.3) is 11.3 Å². The Bertz CT molecular complexity index is 1610. The van der Waals surface area contributed by atoms with Gasteiger partial charge < -0.3 is 25.0 Å². The number of nitriles is 1. The topological polar surface area (TPSA) is 133 Å². The number of carbonyl (C=O) groups excluding carboxylic acids is 2.